The van der Waals surface area contributed by atoms with Gasteiger partial charge in [0.2, 0.25) is 0 Å². The minimum absolute atomic E-state index is 0. The summed E-state index contributed by atoms with van der Waals surface area (Å²) in [5.74, 6) is 0.801. The molecule has 0 aliphatic rings. The topological polar surface area (TPSA) is 75.7 Å². The summed E-state index contributed by atoms with van der Waals surface area (Å²) in [6, 6.07) is 24.1. The monoisotopic (exact) mass is 392 g/mol. The maximum Gasteiger partial charge on any atom is 1.00 e. The molecule has 0 fully saturated rings. The van der Waals surface area contributed by atoms with E-state index in [1.807, 2.05) is 54.6 Å². The Morgan fingerprint density at radius 2 is 1.22 bits per heavy atom. The third kappa shape index (κ3) is 7.36. The first-order chi connectivity index (χ1) is 12.5. The molecule has 3 aromatic rings. The van der Waals surface area contributed by atoms with Crippen LogP contribution < -0.4 is 38.5 Å². The van der Waals surface area contributed by atoms with E-state index in [9.17, 15) is 13.0 Å². The number of hydrogen-bond acceptors (Lipinski definition) is 5. The Morgan fingerprint density at radius 3 is 1.74 bits per heavy atom. The average Bonchev–Trinajstić information content (AvgIpc) is 2.62. The van der Waals surface area contributed by atoms with E-state index < -0.39 is 10.4 Å². The Hall–Kier alpha value is -1.83. The van der Waals surface area contributed by atoms with E-state index in [-0.39, 0.29) is 35.3 Å². The van der Waals surface area contributed by atoms with Gasteiger partial charge in [-0.3, -0.25) is 0 Å². The van der Waals surface area contributed by atoms with Gasteiger partial charge in [0.25, 0.3) is 10.4 Å². The second-order valence-electron chi connectivity index (χ2n) is 5.73. The van der Waals surface area contributed by atoms with Crippen molar-refractivity contribution in [1.82, 2.24) is 0 Å². The molecular weight excluding hydrogens is 375 g/mol. The Kier molecular flexibility index (Phi) is 7.89. The van der Waals surface area contributed by atoms with Gasteiger partial charge in [0.1, 0.15) is 18.1 Å². The van der Waals surface area contributed by atoms with Gasteiger partial charge in [-0.2, -0.15) is 0 Å². The third-order valence-corrected chi connectivity index (χ3v) is 4.10. The molecule has 0 aliphatic heterocycles. The molecule has 0 bridgehead atoms. The zero-order valence-corrected chi connectivity index (χ0v) is 17.7. The van der Waals surface area contributed by atoms with Crippen molar-refractivity contribution >= 4 is 10.4 Å². The molecule has 7 heteroatoms. The van der Waals surface area contributed by atoms with Gasteiger partial charge >= 0.3 is 29.6 Å². The van der Waals surface area contributed by atoms with E-state index >= 15 is 0 Å². The quantitative estimate of drug-likeness (QED) is 0.336. The van der Waals surface area contributed by atoms with Crippen LogP contribution in [0.3, 0.4) is 0 Å². The first-order valence-electron chi connectivity index (χ1n) is 7.98. The first kappa shape index (κ1) is 21.5. The summed E-state index contributed by atoms with van der Waals surface area (Å²) >= 11 is 0. The predicted molar refractivity (Wildman–Crippen MR) is 96.8 cm³/mol. The molecule has 0 unspecified atom stereocenters. The molecule has 0 heterocycles. The van der Waals surface area contributed by atoms with Crippen molar-refractivity contribution in [3.63, 3.8) is 0 Å². The molecule has 0 saturated heterocycles. The third-order valence-electron chi connectivity index (χ3n) is 3.70. The fourth-order valence-electron chi connectivity index (χ4n) is 2.46. The van der Waals surface area contributed by atoms with Crippen molar-refractivity contribution in [1.29, 1.82) is 0 Å². The molecular formula is C20H17NaO5S. The van der Waals surface area contributed by atoms with Crippen LogP contribution in [0, 0.1) is 0 Å². The summed E-state index contributed by atoms with van der Waals surface area (Å²) in [6.45, 7) is 0.518. The molecule has 3 rings (SSSR count). The Morgan fingerprint density at radius 1 is 0.704 bits per heavy atom. The van der Waals surface area contributed by atoms with Gasteiger partial charge < -0.3 is 13.5 Å². The zero-order valence-electron chi connectivity index (χ0n) is 14.9. The van der Waals surface area contributed by atoms with E-state index in [0.29, 0.717) is 13.0 Å². The van der Waals surface area contributed by atoms with Crippen molar-refractivity contribution in [2.75, 3.05) is 0 Å². The molecule has 0 atom stereocenters. The maximum absolute atomic E-state index is 10.6. The van der Waals surface area contributed by atoms with Crippen LogP contribution >= 0.6 is 0 Å². The molecule has 0 aliphatic carbocycles. The van der Waals surface area contributed by atoms with E-state index in [0.717, 1.165) is 22.4 Å². The molecule has 0 radical (unpaired) electrons. The Bertz CT molecular complexity index is 940. The van der Waals surface area contributed by atoms with Crippen molar-refractivity contribution in [3.05, 3.63) is 95.6 Å². The number of ether oxygens (including phenoxy) is 1. The zero-order chi connectivity index (χ0) is 18.4. The van der Waals surface area contributed by atoms with Gasteiger partial charge in [0.05, 0.1) is 0 Å². The normalized spacial score (nSPS) is 10.7. The van der Waals surface area contributed by atoms with Crippen LogP contribution in [0.4, 0.5) is 0 Å². The smallest absolute Gasteiger partial charge is 0.716 e. The van der Waals surface area contributed by atoms with Crippen LogP contribution in [-0.2, 0) is 23.4 Å². The van der Waals surface area contributed by atoms with Gasteiger partial charge in [-0.15, -0.1) is 0 Å². The minimum Gasteiger partial charge on any atom is -0.716 e. The minimum atomic E-state index is -4.74. The molecule has 3 aromatic carbocycles. The SMILES string of the molecule is O=S(=O)([O-])Oc1ccc(Cc2ccc(OCc3ccccc3)cc2)cc1.[Na+]. The predicted octanol–water partition coefficient (Wildman–Crippen LogP) is 0.699. The second kappa shape index (κ2) is 9.92. The van der Waals surface area contributed by atoms with E-state index in [2.05, 4.69) is 4.18 Å². The van der Waals surface area contributed by atoms with Crippen LogP contribution in [0.15, 0.2) is 78.9 Å². The molecule has 0 N–H and O–H groups in total. The maximum atomic E-state index is 10.6. The van der Waals surface area contributed by atoms with Gasteiger partial charge in [0, 0.05) is 0 Å². The number of benzene rings is 3. The van der Waals surface area contributed by atoms with Crippen molar-refractivity contribution in [3.8, 4) is 11.5 Å². The molecule has 134 valence electrons. The number of rotatable bonds is 7. The summed E-state index contributed by atoms with van der Waals surface area (Å²) in [4.78, 5) is 0. The van der Waals surface area contributed by atoms with Crippen LogP contribution in [-0.4, -0.2) is 13.0 Å². The van der Waals surface area contributed by atoms with Crippen molar-refractivity contribution in [2.45, 2.75) is 13.0 Å². The largest absolute Gasteiger partial charge is 1.00 e. The van der Waals surface area contributed by atoms with E-state index in [1.54, 1.807) is 12.1 Å². The number of hydrogen-bond donors (Lipinski definition) is 0. The van der Waals surface area contributed by atoms with Gasteiger partial charge in [-0.25, -0.2) is 8.42 Å². The summed E-state index contributed by atoms with van der Waals surface area (Å²) in [5.41, 5.74) is 3.17. The molecule has 27 heavy (non-hydrogen) atoms. The van der Waals surface area contributed by atoms with Crippen LogP contribution in [0.25, 0.3) is 0 Å². The molecule has 0 aromatic heterocycles. The van der Waals surface area contributed by atoms with Gasteiger partial charge in [-0.05, 0) is 47.4 Å². The molecule has 0 amide bonds. The molecule has 0 saturated carbocycles. The summed E-state index contributed by atoms with van der Waals surface area (Å²) < 4.78 is 41.7. The Balaban J connectivity index is 0.00000261. The Labute approximate surface area is 181 Å². The van der Waals surface area contributed by atoms with E-state index in [4.69, 9.17) is 4.74 Å². The first-order valence-corrected chi connectivity index (χ1v) is 9.31. The standard InChI is InChI=1S/C20H18O5S.Na/c21-26(22,23)25-20-12-8-17(9-13-20)14-16-6-10-19(11-7-16)24-15-18-4-2-1-3-5-18;/h1-13H,14-15H2,(H,21,22,23);/q;+1/p-1. The van der Waals surface area contributed by atoms with Crippen LogP contribution in [0.1, 0.15) is 16.7 Å². The summed E-state index contributed by atoms with van der Waals surface area (Å²) in [6.07, 6.45) is 0.670. The summed E-state index contributed by atoms with van der Waals surface area (Å²) in [5, 5.41) is 0. The second-order valence-corrected chi connectivity index (χ2v) is 6.71. The molecule has 5 nitrogen and oxygen atoms in total. The van der Waals surface area contributed by atoms with Gasteiger partial charge in [-0.1, -0.05) is 54.6 Å². The van der Waals surface area contributed by atoms with Gasteiger partial charge in [0.15, 0.2) is 0 Å². The van der Waals surface area contributed by atoms with Crippen LogP contribution in [0.5, 0.6) is 11.5 Å². The average molecular weight is 392 g/mol. The fraction of sp³-hybridized carbons (Fsp3) is 0.100. The van der Waals surface area contributed by atoms with Crippen molar-refractivity contribution in [2.24, 2.45) is 0 Å². The van der Waals surface area contributed by atoms with Crippen molar-refractivity contribution < 1.29 is 51.4 Å². The molecule has 0 spiro atoms. The summed E-state index contributed by atoms with van der Waals surface area (Å²) in [7, 11) is -4.74. The van der Waals surface area contributed by atoms with E-state index in [1.165, 1.54) is 12.1 Å². The van der Waals surface area contributed by atoms with Crippen LogP contribution in [0.2, 0.25) is 0 Å². The fourth-order valence-corrected chi connectivity index (χ4v) is 2.81.